The Bertz CT molecular complexity index is 3480. The van der Waals surface area contributed by atoms with Crippen LogP contribution in [0, 0.1) is 17.8 Å². The van der Waals surface area contributed by atoms with Gasteiger partial charge < -0.3 is 100.0 Å². The van der Waals surface area contributed by atoms with Gasteiger partial charge in [0.1, 0.15) is 75.0 Å². The summed E-state index contributed by atoms with van der Waals surface area (Å²) in [6.45, 7) is 28.7. The fraction of sp³-hybridized carbons (Fsp3) is 0.699. The molecule has 18 N–H and O–H groups in total. The third kappa shape index (κ3) is 26.5. The minimum Gasteiger partial charge on any atom is -0.394 e. The van der Waals surface area contributed by atoms with E-state index in [1.807, 2.05) is 18.2 Å². The number of likely N-dealkylation sites (tertiary alicyclic amines) is 2. The highest BCUT2D eigenvalue weighted by molar-refractivity contribution is 6.03. The first-order valence-electron chi connectivity index (χ1n) is 36.4. The summed E-state index contributed by atoms with van der Waals surface area (Å²) < 4.78 is 0. The number of aliphatic hydroxyl groups is 3. The van der Waals surface area contributed by atoms with Crippen LogP contribution in [0.2, 0.25) is 0 Å². The molecule has 2 saturated heterocycles. The standard InChI is InChI=1S/C73H120N16O19/c1-22-73(21,66(108)89-36-45(93)33-49(89)57(99)82-67(9,10)60(102)77-43(37-90)31-42-26-24-23-25-27-42)84-54(96)46(28-29-50(74)94)79-56(98)48-32-44(92)35-88(48)65(107)72(19,20)87-63(105)69(13,14)81-55(97)47(30-38(2)3)78-51(95)34-75-58(100)52(39(4)5)80-61(103)68(11,12)85-64(106)71(17,18)86-62(104)70(15,16)83-59(101)53(40(6)7)76-41(8)91/h23-27,38-40,43-49,52-53,90,92-93H,22,28-37H2,1-21H3,(H2,74,94)(H,75,100)(H,76,91)(H,77,102)(H,78,95)(H,79,98)(H,80,103)(H,81,97)(H,82,99)(H,83,101)(H,84,96)(H,85,106)(H,86,104)(H,87,105)/t43?,44?,45?,46-,47-,48-,49-,52-,53-,73-/m0/s1. The summed E-state index contributed by atoms with van der Waals surface area (Å²) in [6, 6.07) is 0.333. The van der Waals surface area contributed by atoms with E-state index in [0.717, 1.165) is 15.4 Å². The van der Waals surface area contributed by atoms with Gasteiger partial charge in [0.2, 0.25) is 94.5 Å². The van der Waals surface area contributed by atoms with E-state index in [-0.39, 0.29) is 50.5 Å². The predicted octanol–water partition coefficient (Wildman–Crippen LogP) is -3.02. The van der Waals surface area contributed by atoms with Gasteiger partial charge >= 0.3 is 0 Å². The molecule has 35 heteroatoms. The number of carbonyl (C=O) groups excluding carboxylic acids is 16. The van der Waals surface area contributed by atoms with Crippen molar-refractivity contribution in [3.8, 4) is 0 Å². The molecule has 0 radical (unpaired) electrons. The average Bonchev–Trinajstić information content (AvgIpc) is 1.58. The quantitative estimate of drug-likeness (QED) is 0.0313. The van der Waals surface area contributed by atoms with Crippen molar-refractivity contribution < 1.29 is 92.0 Å². The molecule has 35 nitrogen and oxygen atoms in total. The van der Waals surface area contributed by atoms with E-state index in [1.54, 1.807) is 60.6 Å². The number of aliphatic hydroxyl groups excluding tert-OH is 3. The van der Waals surface area contributed by atoms with Gasteiger partial charge in [0.05, 0.1) is 31.4 Å². The Morgan fingerprint density at radius 3 is 1.41 bits per heavy atom. The molecular formula is C73H120N16O19. The number of hydrogen-bond donors (Lipinski definition) is 17. The Labute approximate surface area is 632 Å². The zero-order chi connectivity index (χ0) is 82.9. The molecule has 0 aliphatic carbocycles. The lowest BCUT2D eigenvalue weighted by Gasteiger charge is -2.37. The third-order valence-corrected chi connectivity index (χ3v) is 18.7. The van der Waals surface area contributed by atoms with Crippen molar-refractivity contribution in [2.24, 2.45) is 23.5 Å². The third-order valence-electron chi connectivity index (χ3n) is 18.7. The van der Waals surface area contributed by atoms with E-state index < -0.39 is 226 Å². The number of rotatable bonds is 38. The molecule has 108 heavy (non-hydrogen) atoms. The van der Waals surface area contributed by atoms with Crippen LogP contribution in [0.4, 0.5) is 0 Å². The maximum atomic E-state index is 14.6. The lowest BCUT2D eigenvalue weighted by molar-refractivity contribution is -0.147. The van der Waals surface area contributed by atoms with Gasteiger partial charge in [0.25, 0.3) is 0 Å². The lowest BCUT2D eigenvalue weighted by Crippen LogP contribution is -2.67. The van der Waals surface area contributed by atoms with Crippen LogP contribution in [0.3, 0.4) is 0 Å². The van der Waals surface area contributed by atoms with Gasteiger partial charge in [-0.15, -0.1) is 0 Å². The summed E-state index contributed by atoms with van der Waals surface area (Å²) in [7, 11) is 0. The lowest BCUT2D eigenvalue weighted by atomic mass is 9.94. The van der Waals surface area contributed by atoms with E-state index >= 15 is 0 Å². The molecule has 2 fully saturated rings. The second-order valence-corrected chi connectivity index (χ2v) is 32.7. The van der Waals surface area contributed by atoms with Crippen molar-refractivity contribution >= 4 is 94.5 Å². The molecule has 0 spiro atoms. The Morgan fingerprint density at radius 1 is 0.500 bits per heavy atom. The van der Waals surface area contributed by atoms with Gasteiger partial charge in [0, 0.05) is 39.3 Å². The summed E-state index contributed by atoms with van der Waals surface area (Å²) in [5.74, 6) is -14.2. The molecule has 1 aromatic rings. The summed E-state index contributed by atoms with van der Waals surface area (Å²) in [4.78, 5) is 221. The Balaban J connectivity index is 1.71. The molecule has 0 saturated carbocycles. The molecule has 10 atom stereocenters. The fourth-order valence-corrected chi connectivity index (χ4v) is 11.8. The summed E-state index contributed by atoms with van der Waals surface area (Å²) >= 11 is 0. The van der Waals surface area contributed by atoms with Crippen LogP contribution in [0.1, 0.15) is 189 Å². The van der Waals surface area contributed by atoms with E-state index in [9.17, 15) is 92.0 Å². The molecule has 1 aromatic carbocycles. The average molecular weight is 1530 g/mol. The normalized spacial score (nSPS) is 18.3. The molecule has 3 unspecified atom stereocenters. The Hall–Kier alpha value is -9.38. The molecular weight excluding hydrogens is 1400 g/mol. The van der Waals surface area contributed by atoms with E-state index in [1.165, 1.54) is 96.9 Å². The first-order chi connectivity index (χ1) is 49.5. The number of nitrogens with one attached hydrogen (secondary N) is 13. The second kappa shape index (κ2) is 38.1. The number of hydrogen-bond acceptors (Lipinski definition) is 19. The van der Waals surface area contributed by atoms with Gasteiger partial charge in [0.15, 0.2) is 0 Å². The predicted molar refractivity (Wildman–Crippen MR) is 396 cm³/mol. The van der Waals surface area contributed by atoms with Crippen LogP contribution in [0.5, 0.6) is 0 Å². The zero-order valence-corrected chi connectivity index (χ0v) is 66.4. The van der Waals surface area contributed by atoms with E-state index in [0.29, 0.717) is 0 Å². The summed E-state index contributed by atoms with van der Waals surface area (Å²) in [5.41, 5.74) is -5.85. The molecule has 0 aromatic heterocycles. The van der Waals surface area contributed by atoms with Crippen LogP contribution in [0.25, 0.3) is 0 Å². The number of primary amides is 1. The van der Waals surface area contributed by atoms with Crippen molar-refractivity contribution in [2.75, 3.05) is 26.2 Å². The van der Waals surface area contributed by atoms with Crippen molar-refractivity contribution in [1.82, 2.24) is 78.9 Å². The minimum atomic E-state index is -1.90. The fourth-order valence-electron chi connectivity index (χ4n) is 11.8. The van der Waals surface area contributed by atoms with Crippen LogP contribution < -0.4 is 74.9 Å². The van der Waals surface area contributed by atoms with Crippen LogP contribution >= 0.6 is 0 Å². The highest BCUT2D eigenvalue weighted by atomic mass is 16.3. The number of nitrogens with two attached hydrogens (primary N) is 1. The van der Waals surface area contributed by atoms with Crippen molar-refractivity contribution in [1.29, 1.82) is 0 Å². The first kappa shape index (κ1) is 92.8. The minimum absolute atomic E-state index is 0.0193. The van der Waals surface area contributed by atoms with Crippen molar-refractivity contribution in [3.05, 3.63) is 35.9 Å². The largest absolute Gasteiger partial charge is 0.394 e. The number of amides is 16. The molecule has 2 heterocycles. The summed E-state index contributed by atoms with van der Waals surface area (Å²) in [6.07, 6.45) is -3.84. The van der Waals surface area contributed by atoms with Crippen LogP contribution in [-0.4, -0.2) is 239 Å². The molecule has 606 valence electrons. The maximum Gasteiger partial charge on any atom is 0.248 e. The molecule has 0 bridgehead atoms. The van der Waals surface area contributed by atoms with Gasteiger partial charge in [-0.3, -0.25) is 76.7 Å². The van der Waals surface area contributed by atoms with Crippen LogP contribution in [0.15, 0.2) is 30.3 Å². The number of benzene rings is 1. The molecule has 3 rings (SSSR count). The molecule has 16 amide bonds. The SMILES string of the molecule is CC[C@](C)(NC(=O)[C@H](CCC(N)=O)NC(=O)[C@@H]1CC(O)CN1C(=O)C(C)(C)NC(=O)C(C)(C)NC(=O)[C@H](CC(C)C)NC(=O)CNC(=O)[C@@H](NC(=O)C(C)(C)NC(=O)C(C)(C)NC(=O)C(C)(C)NC(=O)[C@@H](NC(C)=O)C(C)C)C(C)C)C(=O)N1CC(O)C[C@H]1C(=O)NC(C)(C)C(=O)NC(CO)Cc1ccccc1. The molecule has 2 aliphatic rings. The number of nitrogens with zero attached hydrogens (tertiary/aromatic N) is 2. The van der Waals surface area contributed by atoms with Crippen LogP contribution in [-0.2, 0) is 83.1 Å². The molecule has 2 aliphatic heterocycles. The van der Waals surface area contributed by atoms with Crippen molar-refractivity contribution in [2.45, 2.75) is 284 Å². The highest BCUT2D eigenvalue weighted by Gasteiger charge is 2.51. The zero-order valence-electron chi connectivity index (χ0n) is 66.4. The van der Waals surface area contributed by atoms with Crippen molar-refractivity contribution in [3.63, 3.8) is 0 Å². The summed E-state index contributed by atoms with van der Waals surface area (Å²) in [5, 5.41) is 65.6. The topological polar surface area (TPSA) is 523 Å². The number of carbonyl (C=O) groups is 16. The van der Waals surface area contributed by atoms with E-state index in [4.69, 9.17) is 5.73 Å². The first-order valence-corrected chi connectivity index (χ1v) is 36.4. The van der Waals surface area contributed by atoms with Gasteiger partial charge in [-0.2, -0.15) is 0 Å². The second-order valence-electron chi connectivity index (χ2n) is 32.7. The highest BCUT2D eigenvalue weighted by Crippen LogP contribution is 2.28. The monoisotopic (exact) mass is 1520 g/mol. The van der Waals surface area contributed by atoms with E-state index in [2.05, 4.69) is 69.1 Å². The Morgan fingerprint density at radius 2 is 0.935 bits per heavy atom. The van der Waals surface area contributed by atoms with Gasteiger partial charge in [-0.25, -0.2) is 0 Å². The maximum absolute atomic E-state index is 14.6. The number of β-amino-alcohol motifs (C(OH)–C–C–N with tert-alkyl or cyclic N) is 2. The smallest absolute Gasteiger partial charge is 0.248 e. The van der Waals surface area contributed by atoms with Gasteiger partial charge in [-0.1, -0.05) is 78.8 Å². The Kier molecular flexibility index (Phi) is 32.8. The van der Waals surface area contributed by atoms with Gasteiger partial charge in [-0.05, 0) is 139 Å².